The lowest BCUT2D eigenvalue weighted by Crippen LogP contribution is -2.56. The number of esters is 1. The number of carbonyl (C=O) groups is 1. The number of rotatable bonds is 7. The van der Waals surface area contributed by atoms with Crippen molar-refractivity contribution in [2.75, 3.05) is 19.7 Å². The number of nitrogens with one attached hydrogen (secondary N) is 1. The quantitative estimate of drug-likeness (QED) is 0.338. The third-order valence-electron chi connectivity index (χ3n) is 15.2. The third kappa shape index (κ3) is 5.44. The van der Waals surface area contributed by atoms with E-state index < -0.39 is 11.7 Å². The topological polar surface area (TPSA) is 106 Å². The van der Waals surface area contributed by atoms with E-state index in [0.29, 0.717) is 40.6 Å². The number of aromatic amines is 1. The molecule has 7 aliphatic rings. The van der Waals surface area contributed by atoms with Crippen molar-refractivity contribution in [1.82, 2.24) is 14.9 Å². The smallest absolute Gasteiger partial charge is 0.303 e. The van der Waals surface area contributed by atoms with Crippen molar-refractivity contribution >= 4 is 19.5 Å². The molecule has 12 atom stereocenters. The van der Waals surface area contributed by atoms with Crippen LogP contribution in [0.25, 0.3) is 0 Å². The number of morpholine rings is 1. The summed E-state index contributed by atoms with van der Waals surface area (Å²) < 4.78 is 25.7. The fourth-order valence-corrected chi connectivity index (χ4v) is 13.2. The molecule has 2 spiro atoms. The Morgan fingerprint density at radius 1 is 1.10 bits per heavy atom. The number of fused-ring (bicyclic) bond motifs is 4. The number of imidazole rings is 1. The van der Waals surface area contributed by atoms with Gasteiger partial charge in [-0.3, -0.25) is 9.69 Å². The first-order chi connectivity index (χ1) is 22.3. The summed E-state index contributed by atoms with van der Waals surface area (Å²) in [5.74, 6) is 3.35. The van der Waals surface area contributed by atoms with Gasteiger partial charge in [0.25, 0.3) is 0 Å². The Morgan fingerprint density at radius 2 is 1.90 bits per heavy atom. The molecule has 8 rings (SSSR count). The first kappa shape index (κ1) is 35.2. The molecule has 5 saturated carbocycles. The van der Waals surface area contributed by atoms with Gasteiger partial charge in [-0.05, 0) is 123 Å². The van der Waals surface area contributed by atoms with Gasteiger partial charge < -0.3 is 29.0 Å². The van der Waals surface area contributed by atoms with Crippen LogP contribution in [-0.4, -0.2) is 81.9 Å². The summed E-state index contributed by atoms with van der Waals surface area (Å²) in [6, 6.07) is 0. The lowest BCUT2D eigenvalue weighted by Gasteiger charge is -2.60. The highest BCUT2D eigenvalue weighted by Crippen LogP contribution is 2.87. The van der Waals surface area contributed by atoms with Gasteiger partial charge in [0.2, 0.25) is 0 Å². The zero-order valence-electron chi connectivity index (χ0n) is 30.1. The molecule has 0 radical (unpaired) electrons. The molecule has 9 nitrogen and oxygen atoms in total. The molecule has 9 unspecified atom stereocenters. The van der Waals surface area contributed by atoms with Crippen LogP contribution in [-0.2, 0) is 30.3 Å². The number of aliphatic hydroxyl groups is 1. The number of hydrogen-bond donors (Lipinski definition) is 2. The zero-order chi connectivity index (χ0) is 33.0. The van der Waals surface area contributed by atoms with Crippen LogP contribution in [0.2, 0.25) is 0 Å². The van der Waals surface area contributed by atoms with Gasteiger partial charge in [0, 0.05) is 25.9 Å². The van der Waals surface area contributed by atoms with E-state index in [2.05, 4.69) is 35.6 Å². The van der Waals surface area contributed by atoms with Crippen molar-refractivity contribution in [2.24, 2.45) is 45.3 Å². The van der Waals surface area contributed by atoms with Gasteiger partial charge >= 0.3 is 5.97 Å². The molecule has 2 N–H and O–H groups in total. The largest absolute Gasteiger partial charge is 0.457 e. The average Bonchev–Trinajstić information content (AvgIpc) is 3.23. The molecule has 2 aliphatic heterocycles. The monoisotopic (exact) mass is 687 g/mol. The second-order valence-electron chi connectivity index (χ2n) is 18.2. The van der Waals surface area contributed by atoms with Crippen molar-refractivity contribution in [3.05, 3.63) is 18.2 Å². The fraction of sp³-hybridized carbons (Fsp3) is 0.895. The highest BCUT2D eigenvalue weighted by molar-refractivity contribution is 7.59. The van der Waals surface area contributed by atoms with Crippen molar-refractivity contribution in [3.8, 4) is 0 Å². The summed E-state index contributed by atoms with van der Waals surface area (Å²) >= 11 is 0. The molecule has 5 aliphatic carbocycles. The number of ether oxygens (including phenoxy) is 4. The van der Waals surface area contributed by atoms with Crippen LogP contribution >= 0.6 is 13.5 Å². The highest BCUT2D eigenvalue weighted by atomic mass is 32.1. The minimum absolute atomic E-state index is 0. The molecule has 1 aromatic rings. The molecule has 270 valence electrons. The molecule has 0 aromatic carbocycles. The Balaban J connectivity index is 0.00000364. The molecule has 48 heavy (non-hydrogen) atoms. The van der Waals surface area contributed by atoms with Gasteiger partial charge in [-0.1, -0.05) is 20.8 Å². The lowest BCUT2D eigenvalue weighted by molar-refractivity contribution is -0.246. The standard InChI is InChI=1S/C38H59N3O6.H2S/c1-23(42)45-33(35(4,5)43)27-9-7-25-28(46-27)19-26-24-8-10-29-34(2,3)30(11-12-38(29)22-37(24,38)14-13-36(25,26)6)47-32-21-41(17-18-44-32)20-31-39-15-16-40-31;/h15-16,24-30,32-33,43H,7-14,17-22H2,1-6H3,(H,39,40);1H2/t24?,25?,26?,27?,28?,29?,30-,32?,33-,36?,37?,38+;/m0./s1. The molecular weight excluding hydrogens is 627 g/mol. The molecule has 0 amide bonds. The van der Waals surface area contributed by atoms with Crippen molar-refractivity contribution in [2.45, 2.75) is 149 Å². The van der Waals surface area contributed by atoms with Crippen LogP contribution in [0.3, 0.4) is 0 Å². The van der Waals surface area contributed by atoms with E-state index in [1.54, 1.807) is 13.8 Å². The minimum Gasteiger partial charge on any atom is -0.457 e. The Morgan fingerprint density at radius 3 is 2.62 bits per heavy atom. The summed E-state index contributed by atoms with van der Waals surface area (Å²) in [6.07, 6.45) is 15.2. The Bertz CT molecular complexity index is 1340. The maximum Gasteiger partial charge on any atom is 0.303 e. The molecule has 10 heteroatoms. The van der Waals surface area contributed by atoms with E-state index in [1.165, 1.54) is 45.4 Å². The molecular formula is C38H61N3O6S. The fourth-order valence-electron chi connectivity index (χ4n) is 13.2. The predicted octanol–water partition coefficient (Wildman–Crippen LogP) is 5.98. The Labute approximate surface area is 294 Å². The summed E-state index contributed by atoms with van der Waals surface area (Å²) in [5, 5.41) is 10.9. The van der Waals surface area contributed by atoms with Gasteiger partial charge in [0.1, 0.15) is 5.82 Å². The van der Waals surface area contributed by atoms with Crippen LogP contribution in [0.5, 0.6) is 0 Å². The maximum absolute atomic E-state index is 12.0. The zero-order valence-corrected chi connectivity index (χ0v) is 31.1. The van der Waals surface area contributed by atoms with E-state index in [-0.39, 0.29) is 49.5 Å². The van der Waals surface area contributed by atoms with E-state index in [1.807, 2.05) is 12.4 Å². The number of H-pyrrole nitrogens is 1. The molecule has 1 aromatic heterocycles. The normalized spacial score (nSPS) is 45.3. The SMILES string of the molecule is CC(=O)O[C@@H](C1CCC2C(CC3C4CCC5C(C)(C)[C@@H](OC6CN(Cc7ncc[nH]7)CCO6)CC[C@@]56CC46CCC23C)O1)C(C)(C)O.S. The molecule has 2 saturated heterocycles. The number of aromatic nitrogens is 2. The lowest BCUT2D eigenvalue weighted by atomic mass is 9.46. The second kappa shape index (κ2) is 12.2. The van der Waals surface area contributed by atoms with Gasteiger partial charge in [-0.15, -0.1) is 0 Å². The summed E-state index contributed by atoms with van der Waals surface area (Å²) in [5.41, 5.74) is 0.215. The number of hydrogen-bond acceptors (Lipinski definition) is 8. The summed E-state index contributed by atoms with van der Waals surface area (Å²) in [6.45, 7) is 15.7. The van der Waals surface area contributed by atoms with Gasteiger partial charge in [0.05, 0.1) is 43.6 Å². The van der Waals surface area contributed by atoms with Crippen molar-refractivity contribution in [1.29, 1.82) is 0 Å². The van der Waals surface area contributed by atoms with Crippen LogP contribution in [0.4, 0.5) is 0 Å². The van der Waals surface area contributed by atoms with E-state index in [4.69, 9.17) is 18.9 Å². The summed E-state index contributed by atoms with van der Waals surface area (Å²) in [4.78, 5) is 22.0. The minimum atomic E-state index is -1.14. The molecule has 7 fully saturated rings. The predicted molar refractivity (Wildman–Crippen MR) is 186 cm³/mol. The number of carbonyl (C=O) groups excluding carboxylic acids is 1. The summed E-state index contributed by atoms with van der Waals surface area (Å²) in [7, 11) is 0. The number of nitrogens with zero attached hydrogens (tertiary/aromatic N) is 2. The van der Waals surface area contributed by atoms with Gasteiger partial charge in [0.15, 0.2) is 12.4 Å². The van der Waals surface area contributed by atoms with E-state index >= 15 is 0 Å². The van der Waals surface area contributed by atoms with Crippen LogP contribution < -0.4 is 0 Å². The first-order valence-corrected chi connectivity index (χ1v) is 18.8. The molecule has 0 bridgehead atoms. The maximum atomic E-state index is 12.0. The molecule has 3 heterocycles. The second-order valence-corrected chi connectivity index (χ2v) is 18.2. The van der Waals surface area contributed by atoms with Crippen molar-refractivity contribution in [3.63, 3.8) is 0 Å². The highest BCUT2D eigenvalue weighted by Gasteiger charge is 2.80. The van der Waals surface area contributed by atoms with Crippen LogP contribution in [0.15, 0.2) is 12.4 Å². The van der Waals surface area contributed by atoms with E-state index in [9.17, 15) is 9.90 Å². The van der Waals surface area contributed by atoms with Crippen molar-refractivity contribution < 1.29 is 28.8 Å². The first-order valence-electron chi connectivity index (χ1n) is 18.8. The van der Waals surface area contributed by atoms with Crippen LogP contribution in [0, 0.1) is 45.3 Å². The van der Waals surface area contributed by atoms with Gasteiger partial charge in [-0.25, -0.2) is 4.98 Å². The Hall–Kier alpha value is -1.17. The van der Waals surface area contributed by atoms with Gasteiger partial charge in [-0.2, -0.15) is 13.5 Å². The average molecular weight is 688 g/mol. The third-order valence-corrected chi connectivity index (χ3v) is 15.2. The van der Waals surface area contributed by atoms with E-state index in [0.717, 1.165) is 57.1 Å². The van der Waals surface area contributed by atoms with Crippen LogP contribution in [0.1, 0.15) is 112 Å². The Kier molecular flexibility index (Phi) is 8.97.